The van der Waals surface area contributed by atoms with Gasteiger partial charge in [-0.2, -0.15) is 0 Å². The minimum atomic E-state index is -0.0608. The number of carbonyl (C=O) groups excluding carboxylic acids is 1. The van der Waals surface area contributed by atoms with Crippen molar-refractivity contribution in [3.8, 4) is 0 Å². The predicted molar refractivity (Wildman–Crippen MR) is 90.7 cm³/mol. The normalized spacial score (nSPS) is 10.4. The average molecular weight is 368 g/mol. The summed E-state index contributed by atoms with van der Waals surface area (Å²) >= 11 is 9.23. The van der Waals surface area contributed by atoms with Crippen molar-refractivity contribution in [1.29, 1.82) is 0 Å². The van der Waals surface area contributed by atoms with Crippen molar-refractivity contribution in [2.45, 2.75) is 13.5 Å². The first-order chi connectivity index (χ1) is 10.0. The molecule has 0 unspecified atom stereocenters. The van der Waals surface area contributed by atoms with Crippen molar-refractivity contribution < 1.29 is 4.79 Å². The third-order valence-electron chi connectivity index (χ3n) is 2.99. The summed E-state index contributed by atoms with van der Waals surface area (Å²) in [5, 5.41) is 6.71. The number of anilines is 1. The fraction of sp³-hybridized carbons (Fsp3) is 0.188. The third kappa shape index (κ3) is 5.16. The van der Waals surface area contributed by atoms with Crippen LogP contribution in [-0.2, 0) is 11.3 Å². The lowest BCUT2D eigenvalue weighted by molar-refractivity contribution is -0.115. The number of amides is 1. The molecule has 0 fully saturated rings. The van der Waals surface area contributed by atoms with E-state index in [-0.39, 0.29) is 12.5 Å². The molecule has 0 atom stereocenters. The van der Waals surface area contributed by atoms with E-state index in [2.05, 4.69) is 26.6 Å². The second-order valence-electron chi connectivity index (χ2n) is 4.74. The van der Waals surface area contributed by atoms with Crippen molar-refractivity contribution in [3.63, 3.8) is 0 Å². The van der Waals surface area contributed by atoms with Crippen LogP contribution in [-0.4, -0.2) is 12.5 Å². The lowest BCUT2D eigenvalue weighted by atomic mass is 10.2. The number of nitrogens with one attached hydrogen (secondary N) is 2. The minimum absolute atomic E-state index is 0.0608. The summed E-state index contributed by atoms with van der Waals surface area (Å²) in [5.41, 5.74) is 2.94. The lowest BCUT2D eigenvalue weighted by Gasteiger charge is -2.09. The van der Waals surface area contributed by atoms with Crippen LogP contribution in [0.4, 0.5) is 5.69 Å². The van der Waals surface area contributed by atoms with E-state index in [1.165, 1.54) is 0 Å². The second-order valence-corrected chi connectivity index (χ2v) is 6.09. The number of hydrogen-bond acceptors (Lipinski definition) is 2. The van der Waals surface area contributed by atoms with Gasteiger partial charge < -0.3 is 10.6 Å². The van der Waals surface area contributed by atoms with Gasteiger partial charge >= 0.3 is 0 Å². The first kappa shape index (κ1) is 16.0. The van der Waals surface area contributed by atoms with Crippen LogP contribution in [0.25, 0.3) is 0 Å². The van der Waals surface area contributed by atoms with E-state index < -0.39 is 0 Å². The van der Waals surface area contributed by atoms with Gasteiger partial charge in [0, 0.05) is 21.7 Å². The molecule has 2 aromatic carbocycles. The average Bonchev–Trinajstić information content (AvgIpc) is 2.44. The maximum Gasteiger partial charge on any atom is 0.238 e. The van der Waals surface area contributed by atoms with Crippen molar-refractivity contribution >= 4 is 39.1 Å². The zero-order valence-corrected chi connectivity index (χ0v) is 14.0. The van der Waals surface area contributed by atoms with Crippen molar-refractivity contribution in [1.82, 2.24) is 5.32 Å². The highest BCUT2D eigenvalue weighted by Gasteiger charge is 2.04. The molecule has 2 aromatic rings. The summed E-state index contributed by atoms with van der Waals surface area (Å²) in [7, 11) is 0. The Kier molecular flexibility index (Phi) is 5.79. The molecular weight excluding hydrogens is 352 g/mol. The first-order valence-electron chi connectivity index (χ1n) is 6.56. The Morgan fingerprint density at radius 2 is 1.90 bits per heavy atom. The number of benzene rings is 2. The number of halogens is 2. The number of rotatable bonds is 5. The molecule has 0 heterocycles. The molecule has 1 amide bonds. The van der Waals surface area contributed by atoms with Gasteiger partial charge in [-0.1, -0.05) is 39.7 Å². The summed E-state index contributed by atoms with van der Waals surface area (Å²) in [6.07, 6.45) is 0. The highest BCUT2D eigenvalue weighted by Crippen LogP contribution is 2.19. The summed E-state index contributed by atoms with van der Waals surface area (Å²) < 4.78 is 0.999. The van der Waals surface area contributed by atoms with Gasteiger partial charge in [-0.05, 0) is 48.4 Å². The summed E-state index contributed by atoms with van der Waals surface area (Å²) in [4.78, 5) is 11.9. The Hall–Kier alpha value is -1.36. The van der Waals surface area contributed by atoms with Crippen LogP contribution in [0.1, 0.15) is 11.1 Å². The van der Waals surface area contributed by atoms with E-state index >= 15 is 0 Å². The number of hydrogen-bond donors (Lipinski definition) is 2. The first-order valence-corrected chi connectivity index (χ1v) is 7.73. The van der Waals surface area contributed by atoms with Crippen molar-refractivity contribution in [3.05, 3.63) is 63.1 Å². The van der Waals surface area contributed by atoms with Crippen LogP contribution < -0.4 is 10.6 Å². The van der Waals surface area contributed by atoms with E-state index in [0.29, 0.717) is 11.6 Å². The molecule has 21 heavy (non-hydrogen) atoms. The Labute approximate surface area is 137 Å². The van der Waals surface area contributed by atoms with Crippen molar-refractivity contribution in [2.75, 3.05) is 11.9 Å². The summed E-state index contributed by atoms with van der Waals surface area (Å²) in [6.45, 7) is 2.85. The highest BCUT2D eigenvalue weighted by atomic mass is 79.9. The van der Waals surface area contributed by atoms with Crippen LogP contribution in [0, 0.1) is 6.92 Å². The summed E-state index contributed by atoms with van der Waals surface area (Å²) in [5.74, 6) is -0.0608. The summed E-state index contributed by atoms with van der Waals surface area (Å²) in [6, 6.07) is 13.3. The van der Waals surface area contributed by atoms with Gasteiger partial charge in [0.15, 0.2) is 0 Å². The molecule has 0 saturated heterocycles. The number of carbonyl (C=O) groups is 1. The standard InChI is InChI=1S/C16H16BrClN2O/c1-11-8-13(17)4-7-15(11)20-16(21)10-19-9-12-2-5-14(18)6-3-12/h2-8,19H,9-10H2,1H3,(H,20,21). The Morgan fingerprint density at radius 1 is 1.19 bits per heavy atom. The maximum absolute atomic E-state index is 11.9. The fourth-order valence-corrected chi connectivity index (χ4v) is 2.49. The Morgan fingerprint density at radius 3 is 2.57 bits per heavy atom. The zero-order chi connectivity index (χ0) is 15.2. The van der Waals surface area contributed by atoms with E-state index in [1.807, 2.05) is 49.4 Å². The van der Waals surface area contributed by atoms with Gasteiger partial charge in [-0.3, -0.25) is 4.79 Å². The Balaban J connectivity index is 1.81. The zero-order valence-electron chi connectivity index (χ0n) is 11.6. The van der Waals surface area contributed by atoms with E-state index in [9.17, 15) is 4.79 Å². The highest BCUT2D eigenvalue weighted by molar-refractivity contribution is 9.10. The third-order valence-corrected chi connectivity index (χ3v) is 3.74. The fourth-order valence-electron chi connectivity index (χ4n) is 1.88. The molecule has 0 spiro atoms. The van der Waals surface area contributed by atoms with Gasteiger partial charge in [0.1, 0.15) is 0 Å². The molecule has 2 N–H and O–H groups in total. The largest absolute Gasteiger partial charge is 0.325 e. The van der Waals surface area contributed by atoms with Crippen LogP contribution in [0.15, 0.2) is 46.9 Å². The van der Waals surface area contributed by atoms with Crippen LogP contribution >= 0.6 is 27.5 Å². The molecule has 0 bridgehead atoms. The van der Waals surface area contributed by atoms with E-state index in [0.717, 1.165) is 21.3 Å². The molecule has 0 aliphatic rings. The Bertz CT molecular complexity index is 629. The number of aryl methyl sites for hydroxylation is 1. The van der Waals surface area contributed by atoms with Gasteiger partial charge in [0.25, 0.3) is 0 Å². The molecule has 3 nitrogen and oxygen atoms in total. The van der Waals surface area contributed by atoms with Crippen LogP contribution in [0.5, 0.6) is 0 Å². The SMILES string of the molecule is Cc1cc(Br)ccc1NC(=O)CNCc1ccc(Cl)cc1. The van der Waals surface area contributed by atoms with E-state index in [4.69, 9.17) is 11.6 Å². The molecule has 0 aliphatic heterocycles. The van der Waals surface area contributed by atoms with E-state index in [1.54, 1.807) is 0 Å². The topological polar surface area (TPSA) is 41.1 Å². The van der Waals surface area contributed by atoms with Crippen LogP contribution in [0.3, 0.4) is 0 Å². The second kappa shape index (κ2) is 7.59. The molecule has 2 rings (SSSR count). The molecular formula is C16H16BrClN2O. The van der Waals surface area contributed by atoms with Crippen LogP contribution in [0.2, 0.25) is 5.02 Å². The molecule has 5 heteroatoms. The van der Waals surface area contributed by atoms with Gasteiger partial charge in [0.2, 0.25) is 5.91 Å². The van der Waals surface area contributed by atoms with Gasteiger partial charge in [-0.25, -0.2) is 0 Å². The quantitative estimate of drug-likeness (QED) is 0.834. The molecule has 0 aliphatic carbocycles. The van der Waals surface area contributed by atoms with Gasteiger partial charge in [-0.15, -0.1) is 0 Å². The molecule has 0 saturated carbocycles. The lowest BCUT2D eigenvalue weighted by Crippen LogP contribution is -2.27. The minimum Gasteiger partial charge on any atom is -0.325 e. The molecule has 110 valence electrons. The van der Waals surface area contributed by atoms with Crippen molar-refractivity contribution in [2.24, 2.45) is 0 Å². The molecule has 0 radical (unpaired) electrons. The predicted octanol–water partition coefficient (Wildman–Crippen LogP) is 4.14. The van der Waals surface area contributed by atoms with Gasteiger partial charge in [0.05, 0.1) is 6.54 Å². The smallest absolute Gasteiger partial charge is 0.238 e. The maximum atomic E-state index is 11.9. The monoisotopic (exact) mass is 366 g/mol. The molecule has 0 aromatic heterocycles.